The molecule has 0 saturated carbocycles. The molecule has 0 aliphatic carbocycles. The minimum Gasteiger partial charge on any atom is -0.417 e. The molecule has 0 aliphatic rings. The van der Waals surface area contributed by atoms with Crippen LogP contribution in [0.4, 0.5) is 5.69 Å². The first-order valence-electron chi connectivity index (χ1n) is 7.51. The molecule has 0 atom stereocenters. The first-order valence-corrected chi connectivity index (χ1v) is 7.51. The molecule has 23 heavy (non-hydrogen) atoms. The second-order valence-electron chi connectivity index (χ2n) is 5.05. The molecular weight excluding hydrogens is 290 g/mol. The van der Waals surface area contributed by atoms with Crippen molar-refractivity contribution in [3.63, 3.8) is 0 Å². The standard InChI is InChI=1S/C18H17N3O2/c1-2-21(15-11-7-4-8-12-15)18(22)17-20-19-16(23-17)13-14-9-5-3-6-10-14/h3-12H,2,13H2,1H3. The van der Waals surface area contributed by atoms with Crippen LogP contribution in [0.5, 0.6) is 0 Å². The molecule has 3 rings (SSSR count). The lowest BCUT2D eigenvalue weighted by Crippen LogP contribution is -2.30. The normalized spacial score (nSPS) is 10.5. The van der Waals surface area contributed by atoms with E-state index in [0.29, 0.717) is 18.9 Å². The number of benzene rings is 2. The fraction of sp³-hybridized carbons (Fsp3) is 0.167. The van der Waals surface area contributed by atoms with Crippen molar-refractivity contribution < 1.29 is 9.21 Å². The molecule has 1 heterocycles. The van der Waals surface area contributed by atoms with E-state index < -0.39 is 0 Å². The van der Waals surface area contributed by atoms with Crippen molar-refractivity contribution in [3.05, 3.63) is 78.0 Å². The number of rotatable bonds is 5. The SMILES string of the molecule is CCN(C(=O)c1nnc(Cc2ccccc2)o1)c1ccccc1. The summed E-state index contributed by atoms with van der Waals surface area (Å²) in [7, 11) is 0. The smallest absolute Gasteiger partial charge is 0.315 e. The van der Waals surface area contributed by atoms with Gasteiger partial charge in [0.25, 0.3) is 0 Å². The molecule has 0 N–H and O–H groups in total. The van der Waals surface area contributed by atoms with Crippen LogP contribution in [0.2, 0.25) is 0 Å². The van der Waals surface area contributed by atoms with Gasteiger partial charge in [0.05, 0.1) is 6.42 Å². The summed E-state index contributed by atoms with van der Waals surface area (Å²) >= 11 is 0. The van der Waals surface area contributed by atoms with E-state index in [-0.39, 0.29) is 11.8 Å². The van der Waals surface area contributed by atoms with E-state index in [1.165, 1.54) is 0 Å². The molecule has 2 aromatic carbocycles. The molecule has 0 bridgehead atoms. The Kier molecular flexibility index (Phi) is 4.47. The Morgan fingerprint density at radius 1 is 1.00 bits per heavy atom. The molecule has 0 unspecified atom stereocenters. The number of aromatic nitrogens is 2. The predicted molar refractivity (Wildman–Crippen MR) is 87.3 cm³/mol. The Labute approximate surface area is 134 Å². The zero-order chi connectivity index (χ0) is 16.1. The zero-order valence-electron chi connectivity index (χ0n) is 12.8. The summed E-state index contributed by atoms with van der Waals surface area (Å²) in [5.74, 6) is 0.163. The van der Waals surface area contributed by atoms with Crippen LogP contribution in [0.25, 0.3) is 0 Å². The fourth-order valence-electron chi connectivity index (χ4n) is 2.35. The number of nitrogens with zero attached hydrogens (tertiary/aromatic N) is 3. The van der Waals surface area contributed by atoms with Gasteiger partial charge < -0.3 is 9.32 Å². The first kappa shape index (κ1) is 15.0. The number of anilines is 1. The van der Waals surface area contributed by atoms with Gasteiger partial charge >= 0.3 is 11.8 Å². The van der Waals surface area contributed by atoms with Crippen LogP contribution in [0.1, 0.15) is 29.1 Å². The monoisotopic (exact) mass is 307 g/mol. The van der Waals surface area contributed by atoms with Gasteiger partial charge in [-0.05, 0) is 24.6 Å². The number of hydrogen-bond donors (Lipinski definition) is 0. The van der Waals surface area contributed by atoms with Crippen LogP contribution in [0.15, 0.2) is 65.1 Å². The molecule has 0 aliphatic heterocycles. The van der Waals surface area contributed by atoms with Crippen molar-refractivity contribution in [2.45, 2.75) is 13.3 Å². The van der Waals surface area contributed by atoms with Gasteiger partial charge in [-0.15, -0.1) is 10.2 Å². The number of para-hydroxylation sites is 1. The summed E-state index contributed by atoms with van der Waals surface area (Å²) in [4.78, 5) is 14.2. The molecule has 0 fully saturated rings. The van der Waals surface area contributed by atoms with E-state index in [4.69, 9.17) is 4.42 Å². The lowest BCUT2D eigenvalue weighted by Gasteiger charge is -2.18. The third-order valence-corrected chi connectivity index (χ3v) is 3.48. The third kappa shape index (κ3) is 3.45. The Morgan fingerprint density at radius 3 is 2.30 bits per heavy atom. The minimum atomic E-state index is -0.287. The third-order valence-electron chi connectivity index (χ3n) is 3.48. The molecular formula is C18H17N3O2. The van der Waals surface area contributed by atoms with Crippen molar-refractivity contribution in [1.29, 1.82) is 0 Å². The largest absolute Gasteiger partial charge is 0.417 e. The highest BCUT2D eigenvalue weighted by molar-refractivity contribution is 6.02. The van der Waals surface area contributed by atoms with E-state index >= 15 is 0 Å². The Hall–Kier alpha value is -2.95. The van der Waals surface area contributed by atoms with Gasteiger partial charge in [-0.1, -0.05) is 48.5 Å². The van der Waals surface area contributed by atoms with Gasteiger partial charge in [0.2, 0.25) is 5.89 Å². The van der Waals surface area contributed by atoms with Gasteiger partial charge in [0.1, 0.15) is 0 Å². The second-order valence-corrected chi connectivity index (χ2v) is 5.05. The van der Waals surface area contributed by atoms with Gasteiger partial charge in [0, 0.05) is 12.2 Å². The Balaban J connectivity index is 1.78. The molecule has 1 aromatic heterocycles. The van der Waals surface area contributed by atoms with Crippen LogP contribution >= 0.6 is 0 Å². The van der Waals surface area contributed by atoms with Gasteiger partial charge in [-0.3, -0.25) is 4.79 Å². The van der Waals surface area contributed by atoms with Crippen LogP contribution in [0.3, 0.4) is 0 Å². The highest BCUT2D eigenvalue weighted by Crippen LogP contribution is 2.16. The second kappa shape index (κ2) is 6.87. The van der Waals surface area contributed by atoms with Crippen molar-refractivity contribution in [3.8, 4) is 0 Å². The summed E-state index contributed by atoms with van der Waals surface area (Å²) in [5, 5.41) is 7.88. The van der Waals surface area contributed by atoms with Crippen LogP contribution in [-0.4, -0.2) is 22.6 Å². The summed E-state index contributed by atoms with van der Waals surface area (Å²) in [5.41, 5.74) is 1.87. The first-order chi connectivity index (χ1) is 11.3. The van der Waals surface area contributed by atoms with E-state index in [2.05, 4.69) is 10.2 Å². The molecule has 0 spiro atoms. The van der Waals surface area contributed by atoms with Crippen LogP contribution in [0, 0.1) is 0 Å². The Morgan fingerprint density at radius 2 is 1.65 bits per heavy atom. The number of carbonyl (C=O) groups is 1. The quantitative estimate of drug-likeness (QED) is 0.725. The van der Waals surface area contributed by atoms with Crippen LogP contribution < -0.4 is 4.90 Å². The van der Waals surface area contributed by atoms with E-state index in [1.54, 1.807) is 4.90 Å². The molecule has 0 saturated heterocycles. The highest BCUT2D eigenvalue weighted by Gasteiger charge is 2.22. The minimum absolute atomic E-state index is 0.0154. The van der Waals surface area contributed by atoms with Gasteiger partial charge in [-0.2, -0.15) is 0 Å². The molecule has 5 nitrogen and oxygen atoms in total. The molecule has 3 aromatic rings. The van der Waals surface area contributed by atoms with Gasteiger partial charge in [0.15, 0.2) is 0 Å². The number of hydrogen-bond acceptors (Lipinski definition) is 4. The summed E-state index contributed by atoms with van der Waals surface area (Å²) < 4.78 is 5.54. The number of amides is 1. The Bertz CT molecular complexity index is 769. The maximum atomic E-state index is 12.6. The summed E-state index contributed by atoms with van der Waals surface area (Å²) in [6.45, 7) is 2.44. The number of carbonyl (C=O) groups excluding carboxylic acids is 1. The molecule has 1 amide bonds. The predicted octanol–water partition coefficient (Wildman–Crippen LogP) is 3.33. The zero-order valence-corrected chi connectivity index (χ0v) is 12.8. The average Bonchev–Trinajstić information content (AvgIpc) is 3.06. The van der Waals surface area contributed by atoms with Gasteiger partial charge in [-0.25, -0.2) is 0 Å². The lowest BCUT2D eigenvalue weighted by atomic mass is 10.2. The van der Waals surface area contributed by atoms with Crippen molar-refractivity contribution in [1.82, 2.24) is 10.2 Å². The topological polar surface area (TPSA) is 59.2 Å². The maximum Gasteiger partial charge on any atom is 0.315 e. The molecule has 116 valence electrons. The van der Waals surface area contributed by atoms with E-state index in [9.17, 15) is 4.79 Å². The maximum absolute atomic E-state index is 12.6. The molecule has 5 heteroatoms. The lowest BCUT2D eigenvalue weighted by molar-refractivity contribution is 0.0953. The summed E-state index contributed by atoms with van der Waals surface area (Å²) in [6, 6.07) is 19.3. The summed E-state index contributed by atoms with van der Waals surface area (Å²) in [6.07, 6.45) is 0.512. The van der Waals surface area contributed by atoms with Crippen molar-refractivity contribution in [2.75, 3.05) is 11.4 Å². The average molecular weight is 307 g/mol. The van der Waals surface area contributed by atoms with E-state index in [0.717, 1.165) is 11.3 Å². The van der Waals surface area contributed by atoms with Crippen LogP contribution in [-0.2, 0) is 6.42 Å². The molecule has 0 radical (unpaired) electrons. The fourth-order valence-corrected chi connectivity index (χ4v) is 2.35. The van der Waals surface area contributed by atoms with Crippen molar-refractivity contribution >= 4 is 11.6 Å². The highest BCUT2D eigenvalue weighted by atomic mass is 16.4. The van der Waals surface area contributed by atoms with E-state index in [1.807, 2.05) is 67.6 Å². The van der Waals surface area contributed by atoms with Crippen molar-refractivity contribution in [2.24, 2.45) is 0 Å².